The Labute approximate surface area is 194 Å². The summed E-state index contributed by atoms with van der Waals surface area (Å²) < 4.78 is 0. The van der Waals surface area contributed by atoms with Crippen LogP contribution in [0, 0.1) is 0 Å². The maximum Gasteiger partial charge on any atom is 0.242 e. The van der Waals surface area contributed by atoms with Gasteiger partial charge in [-0.05, 0) is 48.3 Å². The lowest BCUT2D eigenvalue weighted by Gasteiger charge is -2.29. The van der Waals surface area contributed by atoms with Crippen LogP contribution in [-0.2, 0) is 27.8 Å². The SMILES string of the molecule is CCCCNC(=O)C(C)N(CCc1ccccc1)C(=O)CCc1ccc(C(C)(C)C)cc1. The van der Waals surface area contributed by atoms with Crippen LogP contribution in [0.25, 0.3) is 0 Å². The fourth-order valence-corrected chi connectivity index (χ4v) is 3.67. The van der Waals surface area contributed by atoms with Crippen molar-refractivity contribution in [2.75, 3.05) is 13.1 Å². The Morgan fingerprint density at radius 1 is 0.938 bits per heavy atom. The molecule has 2 amide bonds. The van der Waals surface area contributed by atoms with Crippen molar-refractivity contribution in [3.8, 4) is 0 Å². The van der Waals surface area contributed by atoms with Gasteiger partial charge in [-0.3, -0.25) is 9.59 Å². The summed E-state index contributed by atoms with van der Waals surface area (Å²) in [6.07, 6.45) is 3.78. The van der Waals surface area contributed by atoms with Gasteiger partial charge in [0.05, 0.1) is 0 Å². The number of nitrogens with one attached hydrogen (secondary N) is 1. The average molecular weight is 437 g/mol. The molecule has 1 atom stereocenters. The summed E-state index contributed by atoms with van der Waals surface area (Å²) in [6.45, 7) is 11.7. The normalized spacial score (nSPS) is 12.3. The second kappa shape index (κ2) is 12.4. The zero-order chi connectivity index (χ0) is 23.6. The number of amides is 2. The molecule has 4 nitrogen and oxygen atoms in total. The summed E-state index contributed by atoms with van der Waals surface area (Å²) in [5.41, 5.74) is 3.72. The molecule has 0 saturated carbocycles. The summed E-state index contributed by atoms with van der Waals surface area (Å²) in [4.78, 5) is 27.6. The highest BCUT2D eigenvalue weighted by molar-refractivity contribution is 5.87. The van der Waals surface area contributed by atoms with Crippen LogP contribution in [0.3, 0.4) is 0 Å². The van der Waals surface area contributed by atoms with E-state index in [0.29, 0.717) is 25.9 Å². The Morgan fingerprint density at radius 3 is 2.16 bits per heavy atom. The van der Waals surface area contributed by atoms with E-state index in [-0.39, 0.29) is 17.2 Å². The molecule has 0 spiro atoms. The van der Waals surface area contributed by atoms with Crippen molar-refractivity contribution in [3.63, 3.8) is 0 Å². The standard InChI is InChI=1S/C28H40N2O2/c1-6-7-20-29-27(32)22(2)30(21-19-23-11-9-8-10-12-23)26(31)18-15-24-13-16-25(17-14-24)28(3,4)5/h8-14,16-17,22H,6-7,15,18-21H2,1-5H3,(H,29,32). The van der Waals surface area contributed by atoms with Crippen LogP contribution >= 0.6 is 0 Å². The minimum atomic E-state index is -0.480. The molecule has 0 fully saturated rings. The predicted molar refractivity (Wildman–Crippen MR) is 133 cm³/mol. The van der Waals surface area contributed by atoms with Gasteiger partial charge in [0.2, 0.25) is 11.8 Å². The highest BCUT2D eigenvalue weighted by Gasteiger charge is 2.25. The van der Waals surface area contributed by atoms with Crippen molar-refractivity contribution in [2.45, 2.75) is 78.2 Å². The molecule has 1 N–H and O–H groups in total. The third-order valence-corrected chi connectivity index (χ3v) is 5.93. The van der Waals surface area contributed by atoms with Crippen molar-refractivity contribution in [1.82, 2.24) is 10.2 Å². The van der Waals surface area contributed by atoms with Gasteiger partial charge in [0.15, 0.2) is 0 Å². The largest absolute Gasteiger partial charge is 0.354 e. The first-order valence-electron chi connectivity index (χ1n) is 11.9. The molecular weight excluding hydrogens is 396 g/mol. The number of unbranched alkanes of at least 4 members (excludes halogenated alkanes) is 1. The Bertz CT molecular complexity index is 838. The summed E-state index contributed by atoms with van der Waals surface area (Å²) in [5.74, 6) is -0.0478. The number of carbonyl (C=O) groups excluding carboxylic acids is 2. The lowest BCUT2D eigenvalue weighted by atomic mass is 9.86. The number of benzene rings is 2. The molecule has 4 heteroatoms. The van der Waals surface area contributed by atoms with E-state index >= 15 is 0 Å². The highest BCUT2D eigenvalue weighted by Crippen LogP contribution is 2.22. The number of carbonyl (C=O) groups is 2. The van der Waals surface area contributed by atoms with Crippen molar-refractivity contribution < 1.29 is 9.59 Å². The van der Waals surface area contributed by atoms with Crippen LogP contribution in [-0.4, -0.2) is 35.8 Å². The van der Waals surface area contributed by atoms with Gasteiger partial charge in [-0.1, -0.05) is 88.7 Å². The molecule has 32 heavy (non-hydrogen) atoms. The minimum Gasteiger partial charge on any atom is -0.354 e. The van der Waals surface area contributed by atoms with E-state index in [0.717, 1.165) is 24.8 Å². The lowest BCUT2D eigenvalue weighted by Crippen LogP contribution is -2.49. The number of rotatable bonds is 11. The van der Waals surface area contributed by atoms with Crippen LogP contribution in [0.4, 0.5) is 0 Å². The Morgan fingerprint density at radius 2 is 1.56 bits per heavy atom. The molecule has 0 aromatic heterocycles. The first-order valence-corrected chi connectivity index (χ1v) is 11.9. The second-order valence-corrected chi connectivity index (χ2v) is 9.59. The zero-order valence-corrected chi connectivity index (χ0v) is 20.5. The van der Waals surface area contributed by atoms with Crippen LogP contribution < -0.4 is 5.32 Å². The summed E-state index contributed by atoms with van der Waals surface area (Å²) in [6, 6.07) is 18.2. The molecule has 174 valence electrons. The first-order chi connectivity index (χ1) is 15.2. The molecule has 2 rings (SSSR count). The van der Waals surface area contributed by atoms with Gasteiger partial charge in [0, 0.05) is 19.5 Å². The van der Waals surface area contributed by atoms with E-state index in [1.54, 1.807) is 4.90 Å². The first kappa shape index (κ1) is 25.6. The quantitative estimate of drug-likeness (QED) is 0.486. The third-order valence-electron chi connectivity index (χ3n) is 5.93. The monoisotopic (exact) mass is 436 g/mol. The second-order valence-electron chi connectivity index (χ2n) is 9.59. The fraction of sp³-hybridized carbons (Fsp3) is 0.500. The summed E-state index contributed by atoms with van der Waals surface area (Å²) in [7, 11) is 0. The molecular formula is C28H40N2O2. The number of hydrogen-bond acceptors (Lipinski definition) is 2. The van der Waals surface area contributed by atoms with Crippen LogP contribution in [0.5, 0.6) is 0 Å². The molecule has 0 radical (unpaired) electrons. The van der Waals surface area contributed by atoms with Crippen LogP contribution in [0.1, 0.15) is 70.6 Å². The van der Waals surface area contributed by atoms with Gasteiger partial charge in [-0.15, -0.1) is 0 Å². The van der Waals surface area contributed by atoms with Gasteiger partial charge in [0.1, 0.15) is 6.04 Å². The summed E-state index contributed by atoms with van der Waals surface area (Å²) in [5, 5.41) is 2.98. The molecule has 0 saturated heterocycles. The Hall–Kier alpha value is -2.62. The van der Waals surface area contributed by atoms with E-state index in [4.69, 9.17) is 0 Å². The fourth-order valence-electron chi connectivity index (χ4n) is 3.67. The van der Waals surface area contributed by atoms with Gasteiger partial charge in [0.25, 0.3) is 0 Å². The van der Waals surface area contributed by atoms with Gasteiger partial charge in [-0.2, -0.15) is 0 Å². The topological polar surface area (TPSA) is 49.4 Å². The Balaban J connectivity index is 2.03. The maximum absolute atomic E-state index is 13.2. The predicted octanol–water partition coefficient (Wildman–Crippen LogP) is 5.29. The van der Waals surface area contributed by atoms with Crippen molar-refractivity contribution in [1.29, 1.82) is 0 Å². The van der Waals surface area contributed by atoms with Crippen LogP contribution in [0.2, 0.25) is 0 Å². The van der Waals surface area contributed by atoms with E-state index in [1.807, 2.05) is 25.1 Å². The minimum absolute atomic E-state index is 0.0268. The van der Waals surface area contributed by atoms with E-state index in [1.165, 1.54) is 11.1 Å². The van der Waals surface area contributed by atoms with Crippen molar-refractivity contribution >= 4 is 11.8 Å². The zero-order valence-electron chi connectivity index (χ0n) is 20.5. The van der Waals surface area contributed by atoms with Crippen molar-refractivity contribution in [3.05, 3.63) is 71.3 Å². The number of hydrogen-bond donors (Lipinski definition) is 1. The highest BCUT2D eigenvalue weighted by atomic mass is 16.2. The molecule has 0 heterocycles. The van der Waals surface area contributed by atoms with Crippen LogP contribution in [0.15, 0.2) is 54.6 Å². The number of nitrogens with zero attached hydrogens (tertiary/aromatic N) is 1. The molecule has 2 aromatic carbocycles. The van der Waals surface area contributed by atoms with E-state index < -0.39 is 6.04 Å². The third kappa shape index (κ3) is 8.14. The van der Waals surface area contributed by atoms with Gasteiger partial charge < -0.3 is 10.2 Å². The smallest absolute Gasteiger partial charge is 0.242 e. The van der Waals surface area contributed by atoms with E-state index in [9.17, 15) is 9.59 Å². The molecule has 0 bridgehead atoms. The van der Waals surface area contributed by atoms with Gasteiger partial charge in [-0.25, -0.2) is 0 Å². The molecule has 0 aliphatic carbocycles. The van der Waals surface area contributed by atoms with Crippen molar-refractivity contribution in [2.24, 2.45) is 0 Å². The maximum atomic E-state index is 13.2. The molecule has 0 aliphatic rings. The molecule has 1 unspecified atom stereocenters. The molecule has 2 aromatic rings. The molecule has 0 aliphatic heterocycles. The number of aryl methyl sites for hydroxylation is 1. The van der Waals surface area contributed by atoms with E-state index in [2.05, 4.69) is 69.4 Å². The summed E-state index contributed by atoms with van der Waals surface area (Å²) >= 11 is 0. The average Bonchev–Trinajstić information content (AvgIpc) is 2.78. The Kier molecular flexibility index (Phi) is 9.96. The lowest BCUT2D eigenvalue weighted by molar-refractivity contribution is -0.139. The van der Waals surface area contributed by atoms with Gasteiger partial charge >= 0.3 is 0 Å².